The molecule has 0 heterocycles. The quantitative estimate of drug-likeness (QED) is 0.172. The second kappa shape index (κ2) is 17.3. The molecule has 1 atom stereocenters. The van der Waals surface area contributed by atoms with Crippen LogP contribution in [-0.4, -0.2) is 48.2 Å². The number of aliphatic hydroxyl groups is 1. The molecule has 0 aliphatic rings. The van der Waals surface area contributed by atoms with Gasteiger partial charge >= 0.3 is 11.9 Å². The van der Waals surface area contributed by atoms with Crippen LogP contribution in [0.2, 0.25) is 5.02 Å². The summed E-state index contributed by atoms with van der Waals surface area (Å²) in [6.07, 6.45) is -0.776. The lowest BCUT2D eigenvalue weighted by Gasteiger charge is -2.28. The maximum Gasteiger partial charge on any atom is 0.311 e. The molecule has 228 valence electrons. The number of halogens is 2. The fourth-order valence-electron chi connectivity index (χ4n) is 3.55. The molecule has 0 bridgehead atoms. The van der Waals surface area contributed by atoms with E-state index in [1.807, 2.05) is 59.7 Å². The Kier molecular flexibility index (Phi) is 15.4. The van der Waals surface area contributed by atoms with Crippen molar-refractivity contribution in [2.75, 3.05) is 19.7 Å². The fourth-order valence-corrected chi connectivity index (χ4v) is 3.88. The zero-order valence-electron chi connectivity index (χ0n) is 24.5. The SMILES string of the molecule is Br.CC(C)CC(=O)Oc1ccc(C(O)CNC(C)(C)CNC(=O)COc2ccccc2)c(Cl)c1OC(=O)CC(C)C. The lowest BCUT2D eigenvalue weighted by molar-refractivity contribution is -0.138. The summed E-state index contributed by atoms with van der Waals surface area (Å²) in [6, 6.07) is 12.0. The molecule has 9 nitrogen and oxygen atoms in total. The number of carbonyl (C=O) groups is 3. The number of β-amino-alcohol motifs (C(OH)–C–C–N with tert-alkyl or cyclic N) is 1. The van der Waals surface area contributed by atoms with Gasteiger partial charge in [0, 0.05) is 37.0 Å². The maximum absolute atomic E-state index is 12.4. The Bertz CT molecular complexity index is 1140. The highest BCUT2D eigenvalue weighted by molar-refractivity contribution is 8.93. The summed E-state index contributed by atoms with van der Waals surface area (Å²) in [5.74, 6) is -0.669. The van der Waals surface area contributed by atoms with Gasteiger partial charge < -0.3 is 30.0 Å². The minimum Gasteiger partial charge on any atom is -0.484 e. The smallest absolute Gasteiger partial charge is 0.311 e. The normalized spacial score (nSPS) is 12.0. The minimum atomic E-state index is -1.09. The zero-order valence-corrected chi connectivity index (χ0v) is 27.0. The van der Waals surface area contributed by atoms with Crippen molar-refractivity contribution in [2.45, 2.75) is 66.0 Å². The first-order valence-electron chi connectivity index (χ1n) is 13.4. The topological polar surface area (TPSA) is 123 Å². The largest absolute Gasteiger partial charge is 0.484 e. The van der Waals surface area contributed by atoms with Crippen molar-refractivity contribution >= 4 is 46.4 Å². The standard InChI is InChI=1S/C30H41ClN2O7.BrH/c1-19(2)14-26(36)39-24-13-12-22(28(31)29(24)40-27(37)15-20(3)4)23(34)16-33-30(5,6)18-32-25(35)17-38-21-10-8-7-9-11-21;/h7-13,19-20,23,33-34H,14-18H2,1-6H3,(H,32,35);1H. The molecule has 11 heteroatoms. The molecular weight excluding hydrogens is 616 g/mol. The summed E-state index contributed by atoms with van der Waals surface area (Å²) in [4.78, 5) is 37.0. The van der Waals surface area contributed by atoms with Crippen molar-refractivity contribution in [3.63, 3.8) is 0 Å². The Morgan fingerprint density at radius 3 is 2.10 bits per heavy atom. The van der Waals surface area contributed by atoms with Gasteiger partial charge in [-0.3, -0.25) is 14.4 Å². The molecule has 0 fully saturated rings. The molecule has 1 amide bonds. The summed E-state index contributed by atoms with van der Waals surface area (Å²) in [5, 5.41) is 16.9. The van der Waals surface area contributed by atoms with Gasteiger partial charge in [0.1, 0.15) is 5.75 Å². The van der Waals surface area contributed by atoms with E-state index in [9.17, 15) is 19.5 Å². The van der Waals surface area contributed by atoms with E-state index in [1.54, 1.807) is 12.1 Å². The van der Waals surface area contributed by atoms with Crippen LogP contribution in [0.25, 0.3) is 0 Å². The number of ether oxygens (including phenoxy) is 3. The van der Waals surface area contributed by atoms with E-state index < -0.39 is 23.6 Å². The highest BCUT2D eigenvalue weighted by Gasteiger charge is 2.26. The number of hydrogen-bond acceptors (Lipinski definition) is 8. The summed E-state index contributed by atoms with van der Waals surface area (Å²) in [7, 11) is 0. The Morgan fingerprint density at radius 2 is 1.51 bits per heavy atom. The van der Waals surface area contributed by atoms with E-state index >= 15 is 0 Å². The fraction of sp³-hybridized carbons (Fsp3) is 0.500. The Labute approximate surface area is 258 Å². The molecule has 0 aromatic heterocycles. The molecular formula is C30H42BrClN2O7. The first-order chi connectivity index (χ1) is 18.8. The van der Waals surface area contributed by atoms with Gasteiger partial charge in [-0.2, -0.15) is 0 Å². The third kappa shape index (κ3) is 13.2. The Morgan fingerprint density at radius 1 is 0.927 bits per heavy atom. The number of aliphatic hydroxyl groups excluding tert-OH is 1. The lowest BCUT2D eigenvalue weighted by Crippen LogP contribution is -2.50. The van der Waals surface area contributed by atoms with E-state index in [0.717, 1.165) is 0 Å². The predicted molar refractivity (Wildman–Crippen MR) is 164 cm³/mol. The van der Waals surface area contributed by atoms with Gasteiger partial charge in [0.15, 0.2) is 18.1 Å². The molecule has 0 saturated carbocycles. The molecule has 0 aliphatic heterocycles. The van der Waals surface area contributed by atoms with Gasteiger partial charge in [-0.25, -0.2) is 0 Å². The monoisotopic (exact) mass is 656 g/mol. The molecule has 41 heavy (non-hydrogen) atoms. The van der Waals surface area contributed by atoms with Crippen LogP contribution < -0.4 is 24.8 Å². The second-order valence-corrected chi connectivity index (χ2v) is 11.5. The Hall–Kier alpha value is -2.66. The first kappa shape index (κ1) is 36.4. The number of esters is 2. The van der Waals surface area contributed by atoms with Crippen LogP contribution in [0.15, 0.2) is 42.5 Å². The highest BCUT2D eigenvalue weighted by Crippen LogP contribution is 2.40. The van der Waals surface area contributed by atoms with Gasteiger partial charge in [-0.05, 0) is 43.9 Å². The van der Waals surface area contributed by atoms with E-state index in [2.05, 4.69) is 10.6 Å². The van der Waals surface area contributed by atoms with Crippen molar-refractivity contribution in [1.29, 1.82) is 0 Å². The number of benzene rings is 2. The Balaban J connectivity index is 0.00000840. The molecule has 0 aliphatic carbocycles. The summed E-state index contributed by atoms with van der Waals surface area (Å²) in [6.45, 7) is 11.5. The third-order valence-electron chi connectivity index (χ3n) is 5.65. The van der Waals surface area contributed by atoms with E-state index in [1.165, 1.54) is 12.1 Å². The second-order valence-electron chi connectivity index (χ2n) is 11.1. The number of para-hydroxylation sites is 1. The molecule has 0 radical (unpaired) electrons. The van der Waals surface area contributed by atoms with E-state index in [0.29, 0.717) is 11.3 Å². The molecule has 2 rings (SSSR count). The van der Waals surface area contributed by atoms with Gasteiger partial charge in [-0.15, -0.1) is 17.0 Å². The van der Waals surface area contributed by atoms with Crippen LogP contribution in [0.4, 0.5) is 0 Å². The zero-order chi connectivity index (χ0) is 29.9. The highest BCUT2D eigenvalue weighted by atomic mass is 79.9. The van der Waals surface area contributed by atoms with Crippen LogP contribution in [-0.2, 0) is 14.4 Å². The molecule has 0 saturated heterocycles. The third-order valence-corrected chi connectivity index (χ3v) is 6.04. The van der Waals surface area contributed by atoms with Crippen molar-refractivity contribution < 1.29 is 33.7 Å². The molecule has 1 unspecified atom stereocenters. The van der Waals surface area contributed by atoms with Crippen molar-refractivity contribution in [3.8, 4) is 17.2 Å². The van der Waals surface area contributed by atoms with Gasteiger partial charge in [-0.1, -0.05) is 63.6 Å². The van der Waals surface area contributed by atoms with Crippen LogP contribution in [0.1, 0.15) is 66.1 Å². The average molecular weight is 658 g/mol. The lowest BCUT2D eigenvalue weighted by atomic mass is 10.0. The van der Waals surface area contributed by atoms with Crippen LogP contribution in [0, 0.1) is 11.8 Å². The minimum absolute atomic E-state index is 0. The van der Waals surface area contributed by atoms with Crippen molar-refractivity contribution in [1.82, 2.24) is 10.6 Å². The molecule has 2 aromatic rings. The number of hydrogen-bond donors (Lipinski definition) is 3. The predicted octanol–water partition coefficient (Wildman–Crippen LogP) is 5.42. The number of nitrogens with one attached hydrogen (secondary N) is 2. The van der Waals surface area contributed by atoms with Gasteiger partial charge in [0.05, 0.1) is 11.1 Å². The van der Waals surface area contributed by atoms with Crippen LogP contribution in [0.3, 0.4) is 0 Å². The van der Waals surface area contributed by atoms with E-state index in [-0.39, 0.29) is 83.8 Å². The van der Waals surface area contributed by atoms with Gasteiger partial charge in [0.2, 0.25) is 0 Å². The van der Waals surface area contributed by atoms with E-state index in [4.69, 9.17) is 25.8 Å². The van der Waals surface area contributed by atoms with Crippen molar-refractivity contribution in [3.05, 3.63) is 53.1 Å². The number of carbonyl (C=O) groups excluding carboxylic acids is 3. The van der Waals surface area contributed by atoms with Crippen LogP contribution in [0.5, 0.6) is 17.2 Å². The number of rotatable bonds is 15. The summed E-state index contributed by atoms with van der Waals surface area (Å²) >= 11 is 6.59. The number of amides is 1. The first-order valence-corrected chi connectivity index (χ1v) is 13.8. The maximum atomic E-state index is 12.4. The summed E-state index contributed by atoms with van der Waals surface area (Å²) < 4.78 is 16.4. The van der Waals surface area contributed by atoms with Crippen molar-refractivity contribution in [2.24, 2.45) is 11.8 Å². The molecule has 2 aromatic carbocycles. The summed E-state index contributed by atoms with van der Waals surface area (Å²) in [5.41, 5.74) is -0.296. The molecule has 3 N–H and O–H groups in total. The van der Waals surface area contributed by atoms with Gasteiger partial charge in [0.25, 0.3) is 5.91 Å². The average Bonchev–Trinajstić information content (AvgIpc) is 2.87. The molecule has 0 spiro atoms. The van der Waals surface area contributed by atoms with Crippen LogP contribution >= 0.6 is 28.6 Å².